The van der Waals surface area contributed by atoms with Crippen molar-refractivity contribution in [2.75, 3.05) is 0 Å². The molecular formula is C11H17ClN2. The Hall–Kier alpha value is -0.600. The van der Waals surface area contributed by atoms with Crippen LogP contribution >= 0.6 is 11.6 Å². The van der Waals surface area contributed by atoms with Crippen LogP contribution in [0.2, 0.25) is 5.02 Å². The molecule has 1 aromatic rings. The maximum absolute atomic E-state index is 6.03. The molecule has 0 aliphatic rings. The summed E-state index contributed by atoms with van der Waals surface area (Å²) in [6.07, 6.45) is 5.48. The summed E-state index contributed by atoms with van der Waals surface area (Å²) in [7, 11) is 0. The molecule has 0 saturated heterocycles. The fraction of sp³-hybridized carbons (Fsp3) is 0.545. The molecule has 3 heteroatoms. The lowest BCUT2D eigenvalue weighted by Crippen LogP contribution is -2.11. The molecule has 0 aliphatic heterocycles. The van der Waals surface area contributed by atoms with E-state index in [1.165, 1.54) is 0 Å². The van der Waals surface area contributed by atoms with Gasteiger partial charge in [0.1, 0.15) is 0 Å². The molecule has 0 radical (unpaired) electrons. The van der Waals surface area contributed by atoms with Gasteiger partial charge in [-0.25, -0.2) is 0 Å². The van der Waals surface area contributed by atoms with Crippen LogP contribution in [0.5, 0.6) is 0 Å². The molecule has 0 spiro atoms. The van der Waals surface area contributed by atoms with Gasteiger partial charge < -0.3 is 5.73 Å². The minimum atomic E-state index is 0.0351. The molecule has 1 unspecified atom stereocenters. The lowest BCUT2D eigenvalue weighted by molar-refractivity contribution is 0.507. The molecule has 0 aromatic carbocycles. The van der Waals surface area contributed by atoms with Gasteiger partial charge in [-0.15, -0.1) is 0 Å². The third-order valence-corrected chi connectivity index (χ3v) is 2.57. The highest BCUT2D eigenvalue weighted by molar-refractivity contribution is 6.31. The normalized spacial score (nSPS) is 13.2. The first-order valence-corrected chi connectivity index (χ1v) is 5.34. The van der Waals surface area contributed by atoms with E-state index in [0.717, 1.165) is 18.4 Å². The Morgan fingerprint density at radius 1 is 1.43 bits per heavy atom. The molecule has 1 heterocycles. The minimum Gasteiger partial charge on any atom is -0.324 e. The zero-order valence-electron chi connectivity index (χ0n) is 8.70. The zero-order valence-corrected chi connectivity index (χ0v) is 9.46. The first-order chi connectivity index (χ1) is 6.61. The highest BCUT2D eigenvalue weighted by atomic mass is 35.5. The maximum Gasteiger partial charge on any atom is 0.0637 e. The summed E-state index contributed by atoms with van der Waals surface area (Å²) in [5.74, 6) is 0.682. The largest absolute Gasteiger partial charge is 0.324 e. The second-order valence-electron chi connectivity index (χ2n) is 3.97. The third-order valence-electron chi connectivity index (χ3n) is 2.26. The first kappa shape index (κ1) is 11.5. The number of hydrogen-bond donors (Lipinski definition) is 1. The van der Waals surface area contributed by atoms with E-state index in [-0.39, 0.29) is 6.04 Å². The van der Waals surface area contributed by atoms with Gasteiger partial charge in [0.05, 0.1) is 5.02 Å². The zero-order chi connectivity index (χ0) is 10.6. The molecule has 2 nitrogen and oxygen atoms in total. The number of nitrogens with two attached hydrogens (primary N) is 1. The number of rotatable bonds is 4. The third kappa shape index (κ3) is 3.28. The van der Waals surface area contributed by atoms with Crippen LogP contribution in [0.1, 0.15) is 38.3 Å². The Kier molecular flexibility index (Phi) is 4.36. The van der Waals surface area contributed by atoms with Gasteiger partial charge in [-0.3, -0.25) is 4.98 Å². The average molecular weight is 213 g/mol. The number of pyridine rings is 1. The van der Waals surface area contributed by atoms with Crippen LogP contribution < -0.4 is 5.73 Å². The fourth-order valence-corrected chi connectivity index (χ4v) is 1.61. The molecule has 14 heavy (non-hydrogen) atoms. The Morgan fingerprint density at radius 3 is 2.71 bits per heavy atom. The van der Waals surface area contributed by atoms with Gasteiger partial charge in [0, 0.05) is 18.4 Å². The molecule has 0 amide bonds. The minimum absolute atomic E-state index is 0.0351. The van der Waals surface area contributed by atoms with Crippen molar-refractivity contribution < 1.29 is 0 Å². The van der Waals surface area contributed by atoms with Crippen molar-refractivity contribution in [1.82, 2.24) is 4.98 Å². The predicted molar refractivity (Wildman–Crippen MR) is 60.2 cm³/mol. The molecule has 1 aromatic heterocycles. The Morgan fingerprint density at radius 2 is 2.14 bits per heavy atom. The number of halogens is 1. The summed E-state index contributed by atoms with van der Waals surface area (Å²) in [6, 6.07) is 1.93. The van der Waals surface area contributed by atoms with E-state index in [0.29, 0.717) is 10.9 Å². The van der Waals surface area contributed by atoms with E-state index >= 15 is 0 Å². The molecule has 78 valence electrons. The molecule has 0 saturated carbocycles. The molecule has 1 rings (SSSR count). The van der Waals surface area contributed by atoms with Crippen molar-refractivity contribution >= 4 is 11.6 Å². The van der Waals surface area contributed by atoms with Crippen molar-refractivity contribution in [3.05, 3.63) is 29.0 Å². The summed E-state index contributed by atoms with van der Waals surface area (Å²) in [5.41, 5.74) is 7.03. The van der Waals surface area contributed by atoms with E-state index in [9.17, 15) is 0 Å². The summed E-state index contributed by atoms with van der Waals surface area (Å²) in [5, 5.41) is 0.670. The van der Waals surface area contributed by atoms with E-state index in [4.69, 9.17) is 17.3 Å². The van der Waals surface area contributed by atoms with Crippen LogP contribution in [0.15, 0.2) is 18.5 Å². The number of hydrogen-bond acceptors (Lipinski definition) is 2. The van der Waals surface area contributed by atoms with Crippen molar-refractivity contribution in [1.29, 1.82) is 0 Å². The molecular weight excluding hydrogens is 196 g/mol. The Labute approximate surface area is 90.5 Å². The van der Waals surface area contributed by atoms with Crippen LogP contribution in [0.4, 0.5) is 0 Å². The van der Waals surface area contributed by atoms with Crippen LogP contribution in [0, 0.1) is 5.92 Å². The van der Waals surface area contributed by atoms with Crippen LogP contribution in [0.3, 0.4) is 0 Å². The van der Waals surface area contributed by atoms with Gasteiger partial charge in [0.15, 0.2) is 0 Å². The second kappa shape index (κ2) is 5.32. The summed E-state index contributed by atoms with van der Waals surface area (Å²) in [6.45, 7) is 4.39. The maximum atomic E-state index is 6.03. The van der Waals surface area contributed by atoms with E-state index in [2.05, 4.69) is 18.8 Å². The van der Waals surface area contributed by atoms with Gasteiger partial charge in [0.2, 0.25) is 0 Å². The van der Waals surface area contributed by atoms with Crippen molar-refractivity contribution in [2.45, 2.75) is 32.7 Å². The molecule has 1 atom stereocenters. The SMILES string of the molecule is CC(C)CCC(N)c1ccncc1Cl. The first-order valence-electron chi connectivity index (χ1n) is 4.96. The molecule has 0 bridgehead atoms. The highest BCUT2D eigenvalue weighted by Gasteiger charge is 2.10. The van der Waals surface area contributed by atoms with Crippen LogP contribution in [-0.4, -0.2) is 4.98 Å². The summed E-state index contributed by atoms with van der Waals surface area (Å²) < 4.78 is 0. The standard InChI is InChI=1S/C11H17ClN2/c1-8(2)3-4-11(13)9-5-6-14-7-10(9)12/h5-8,11H,3-4,13H2,1-2H3. The van der Waals surface area contributed by atoms with E-state index in [1.807, 2.05) is 6.07 Å². The lowest BCUT2D eigenvalue weighted by Gasteiger charge is -2.14. The van der Waals surface area contributed by atoms with Crippen LogP contribution in [-0.2, 0) is 0 Å². The van der Waals surface area contributed by atoms with Crippen molar-refractivity contribution in [3.8, 4) is 0 Å². The second-order valence-corrected chi connectivity index (χ2v) is 4.38. The van der Waals surface area contributed by atoms with Crippen LogP contribution in [0.25, 0.3) is 0 Å². The topological polar surface area (TPSA) is 38.9 Å². The number of aromatic nitrogens is 1. The highest BCUT2D eigenvalue weighted by Crippen LogP contribution is 2.24. The van der Waals surface area contributed by atoms with Crippen molar-refractivity contribution in [2.24, 2.45) is 11.7 Å². The van der Waals surface area contributed by atoms with Crippen molar-refractivity contribution in [3.63, 3.8) is 0 Å². The monoisotopic (exact) mass is 212 g/mol. The van der Waals surface area contributed by atoms with Gasteiger partial charge in [-0.05, 0) is 30.4 Å². The fourth-order valence-electron chi connectivity index (χ4n) is 1.36. The van der Waals surface area contributed by atoms with E-state index in [1.54, 1.807) is 12.4 Å². The summed E-state index contributed by atoms with van der Waals surface area (Å²) >= 11 is 5.99. The molecule has 0 fully saturated rings. The molecule has 2 N–H and O–H groups in total. The smallest absolute Gasteiger partial charge is 0.0637 e. The Bertz CT molecular complexity index is 286. The van der Waals surface area contributed by atoms with Gasteiger partial charge in [-0.1, -0.05) is 25.4 Å². The lowest BCUT2D eigenvalue weighted by atomic mass is 9.99. The van der Waals surface area contributed by atoms with E-state index < -0.39 is 0 Å². The van der Waals surface area contributed by atoms with Gasteiger partial charge in [0.25, 0.3) is 0 Å². The average Bonchev–Trinajstić information content (AvgIpc) is 2.15. The predicted octanol–water partition coefficient (Wildman–Crippen LogP) is 3.17. The van der Waals surface area contributed by atoms with Gasteiger partial charge in [-0.2, -0.15) is 0 Å². The molecule has 0 aliphatic carbocycles. The Balaban J connectivity index is 2.60. The quantitative estimate of drug-likeness (QED) is 0.833. The van der Waals surface area contributed by atoms with Gasteiger partial charge >= 0.3 is 0 Å². The number of nitrogens with zero attached hydrogens (tertiary/aromatic N) is 1. The summed E-state index contributed by atoms with van der Waals surface area (Å²) in [4.78, 5) is 3.94.